The van der Waals surface area contributed by atoms with Crippen molar-refractivity contribution in [3.8, 4) is 5.75 Å². The number of nitrogens with one attached hydrogen (secondary N) is 2. The van der Waals surface area contributed by atoms with Crippen molar-refractivity contribution >= 4 is 6.03 Å². The highest BCUT2D eigenvalue weighted by Crippen LogP contribution is 2.39. The zero-order chi connectivity index (χ0) is 16.8. The van der Waals surface area contributed by atoms with Crippen LogP contribution in [-0.4, -0.2) is 29.2 Å². The number of aromatic nitrogens is 2. The normalized spacial score (nSPS) is 15.9. The minimum atomic E-state index is -0.272. The fraction of sp³-hybridized carbons (Fsp3) is 0.444. The number of imidazole rings is 1. The van der Waals surface area contributed by atoms with Gasteiger partial charge in [-0.3, -0.25) is 0 Å². The molecule has 1 fully saturated rings. The van der Waals surface area contributed by atoms with Gasteiger partial charge >= 0.3 is 6.03 Å². The Kier molecular flexibility index (Phi) is 5.03. The Morgan fingerprint density at radius 2 is 2.04 bits per heavy atom. The molecule has 1 saturated carbocycles. The summed E-state index contributed by atoms with van der Waals surface area (Å²) < 4.78 is 7.17. The van der Waals surface area contributed by atoms with E-state index in [1.54, 1.807) is 19.6 Å². The minimum absolute atomic E-state index is 0.118. The van der Waals surface area contributed by atoms with E-state index in [0.717, 1.165) is 37.0 Å². The smallest absolute Gasteiger partial charge is 0.315 e. The number of benzene rings is 1. The van der Waals surface area contributed by atoms with Gasteiger partial charge in [-0.15, -0.1) is 0 Å². The van der Waals surface area contributed by atoms with Crippen LogP contribution in [0.1, 0.15) is 31.2 Å². The first-order valence-corrected chi connectivity index (χ1v) is 8.38. The molecule has 1 aliphatic rings. The second-order valence-corrected chi connectivity index (χ2v) is 6.20. The molecule has 0 bridgehead atoms. The first kappa shape index (κ1) is 16.4. The predicted molar refractivity (Wildman–Crippen MR) is 91.9 cm³/mol. The van der Waals surface area contributed by atoms with E-state index in [0.29, 0.717) is 13.1 Å². The standard InChI is InChI=1S/C18H24N4O2/c1-24-16-6-4-15(5-7-16)18(8-2-3-9-18)21-17(23)20-11-13-22-12-10-19-14-22/h4-7,10,12,14H,2-3,8-9,11,13H2,1H3,(H2,20,21,23). The lowest BCUT2D eigenvalue weighted by Crippen LogP contribution is -2.49. The highest BCUT2D eigenvalue weighted by Gasteiger charge is 2.37. The quantitative estimate of drug-likeness (QED) is 0.856. The van der Waals surface area contributed by atoms with Crippen LogP contribution in [0.2, 0.25) is 0 Å². The van der Waals surface area contributed by atoms with Gasteiger partial charge in [-0.25, -0.2) is 9.78 Å². The maximum absolute atomic E-state index is 12.4. The third-order valence-electron chi connectivity index (χ3n) is 4.67. The lowest BCUT2D eigenvalue weighted by molar-refractivity contribution is 0.224. The van der Waals surface area contributed by atoms with E-state index in [1.807, 2.05) is 22.9 Å². The van der Waals surface area contributed by atoms with Crippen LogP contribution in [0, 0.1) is 0 Å². The SMILES string of the molecule is COc1ccc(C2(NC(=O)NCCn3ccnc3)CCCC2)cc1. The summed E-state index contributed by atoms with van der Waals surface area (Å²) in [5.41, 5.74) is 0.872. The molecule has 2 amide bonds. The number of urea groups is 1. The molecule has 1 aliphatic carbocycles. The molecule has 1 aromatic carbocycles. The van der Waals surface area contributed by atoms with Gasteiger partial charge in [-0.1, -0.05) is 25.0 Å². The molecule has 6 heteroatoms. The number of ether oxygens (including phenoxy) is 1. The van der Waals surface area contributed by atoms with Gasteiger partial charge in [0.25, 0.3) is 0 Å². The summed E-state index contributed by atoms with van der Waals surface area (Å²) in [5, 5.41) is 6.15. The van der Waals surface area contributed by atoms with E-state index in [9.17, 15) is 4.79 Å². The van der Waals surface area contributed by atoms with E-state index < -0.39 is 0 Å². The van der Waals surface area contributed by atoms with Crippen molar-refractivity contribution in [3.05, 3.63) is 48.5 Å². The molecule has 0 radical (unpaired) electrons. The van der Waals surface area contributed by atoms with E-state index >= 15 is 0 Å². The predicted octanol–water partition coefficient (Wildman–Crippen LogP) is 2.66. The number of amides is 2. The number of carbonyl (C=O) groups excluding carboxylic acids is 1. The maximum Gasteiger partial charge on any atom is 0.315 e. The zero-order valence-corrected chi connectivity index (χ0v) is 14.0. The summed E-state index contributed by atoms with van der Waals surface area (Å²) >= 11 is 0. The van der Waals surface area contributed by atoms with Gasteiger partial charge in [-0.2, -0.15) is 0 Å². The molecule has 1 aromatic heterocycles. The second-order valence-electron chi connectivity index (χ2n) is 6.20. The van der Waals surface area contributed by atoms with Gasteiger partial charge < -0.3 is 19.9 Å². The number of rotatable bonds is 6. The molecule has 128 valence electrons. The summed E-state index contributed by atoms with van der Waals surface area (Å²) in [5.74, 6) is 0.830. The average Bonchev–Trinajstić information content (AvgIpc) is 3.27. The minimum Gasteiger partial charge on any atom is -0.497 e. The van der Waals surface area contributed by atoms with Crippen LogP contribution >= 0.6 is 0 Å². The van der Waals surface area contributed by atoms with Crippen LogP contribution < -0.4 is 15.4 Å². The van der Waals surface area contributed by atoms with Gasteiger partial charge in [0.2, 0.25) is 0 Å². The number of hydrogen-bond donors (Lipinski definition) is 2. The van der Waals surface area contributed by atoms with Crippen molar-refractivity contribution in [2.75, 3.05) is 13.7 Å². The molecule has 0 saturated heterocycles. The van der Waals surface area contributed by atoms with E-state index in [-0.39, 0.29) is 11.6 Å². The highest BCUT2D eigenvalue weighted by molar-refractivity contribution is 5.75. The van der Waals surface area contributed by atoms with Crippen molar-refractivity contribution < 1.29 is 9.53 Å². The Balaban J connectivity index is 1.61. The van der Waals surface area contributed by atoms with Crippen molar-refractivity contribution in [3.63, 3.8) is 0 Å². The molecule has 2 aromatic rings. The van der Waals surface area contributed by atoms with Gasteiger partial charge in [-0.05, 0) is 30.5 Å². The highest BCUT2D eigenvalue weighted by atomic mass is 16.5. The van der Waals surface area contributed by atoms with E-state index in [2.05, 4.69) is 27.8 Å². The third kappa shape index (κ3) is 3.69. The van der Waals surface area contributed by atoms with Gasteiger partial charge in [0.1, 0.15) is 5.75 Å². The number of nitrogens with zero attached hydrogens (tertiary/aromatic N) is 2. The van der Waals surface area contributed by atoms with Crippen molar-refractivity contribution in [2.45, 2.75) is 37.8 Å². The maximum atomic E-state index is 12.4. The van der Waals surface area contributed by atoms with Gasteiger partial charge in [0.05, 0.1) is 19.0 Å². The Labute approximate surface area is 142 Å². The lowest BCUT2D eigenvalue weighted by atomic mass is 9.88. The van der Waals surface area contributed by atoms with Crippen LogP contribution in [-0.2, 0) is 12.1 Å². The molecule has 2 N–H and O–H groups in total. The fourth-order valence-corrected chi connectivity index (χ4v) is 3.35. The first-order chi connectivity index (χ1) is 11.7. The largest absolute Gasteiger partial charge is 0.497 e. The molecule has 6 nitrogen and oxygen atoms in total. The van der Waals surface area contributed by atoms with Crippen LogP contribution in [0.3, 0.4) is 0 Å². The molecule has 0 aliphatic heterocycles. The monoisotopic (exact) mass is 328 g/mol. The average molecular weight is 328 g/mol. The fourth-order valence-electron chi connectivity index (χ4n) is 3.35. The van der Waals surface area contributed by atoms with Crippen molar-refractivity contribution in [1.82, 2.24) is 20.2 Å². The Morgan fingerprint density at radius 1 is 1.29 bits per heavy atom. The number of hydrogen-bond acceptors (Lipinski definition) is 3. The summed E-state index contributed by atoms with van der Waals surface area (Å²) in [7, 11) is 1.66. The molecule has 1 heterocycles. The molecular formula is C18H24N4O2. The number of carbonyl (C=O) groups is 1. The summed E-state index contributed by atoms with van der Waals surface area (Å²) in [6.07, 6.45) is 9.55. The molecule has 0 unspecified atom stereocenters. The number of methoxy groups -OCH3 is 1. The summed E-state index contributed by atoms with van der Waals surface area (Å²) in [4.78, 5) is 16.3. The van der Waals surface area contributed by atoms with E-state index in [4.69, 9.17) is 4.74 Å². The van der Waals surface area contributed by atoms with Crippen molar-refractivity contribution in [1.29, 1.82) is 0 Å². The molecule has 0 spiro atoms. The molecule has 0 atom stereocenters. The third-order valence-corrected chi connectivity index (χ3v) is 4.67. The summed E-state index contributed by atoms with van der Waals surface area (Å²) in [6.45, 7) is 1.28. The summed E-state index contributed by atoms with van der Waals surface area (Å²) in [6, 6.07) is 7.89. The van der Waals surface area contributed by atoms with Gasteiger partial charge in [0, 0.05) is 25.5 Å². The Hall–Kier alpha value is -2.50. The van der Waals surface area contributed by atoms with E-state index in [1.165, 1.54) is 0 Å². The molecule has 3 rings (SSSR count). The topological polar surface area (TPSA) is 68.2 Å². The zero-order valence-electron chi connectivity index (χ0n) is 14.0. The lowest BCUT2D eigenvalue weighted by Gasteiger charge is -2.31. The Bertz CT molecular complexity index is 646. The Morgan fingerprint density at radius 3 is 2.67 bits per heavy atom. The van der Waals surface area contributed by atoms with Crippen LogP contribution in [0.5, 0.6) is 5.75 Å². The van der Waals surface area contributed by atoms with Crippen molar-refractivity contribution in [2.24, 2.45) is 0 Å². The first-order valence-electron chi connectivity index (χ1n) is 8.38. The molecular weight excluding hydrogens is 304 g/mol. The molecule has 24 heavy (non-hydrogen) atoms. The van der Waals surface area contributed by atoms with Crippen LogP contribution in [0.4, 0.5) is 4.79 Å². The van der Waals surface area contributed by atoms with Crippen LogP contribution in [0.25, 0.3) is 0 Å². The van der Waals surface area contributed by atoms with Crippen LogP contribution in [0.15, 0.2) is 43.0 Å². The second kappa shape index (κ2) is 7.38. The van der Waals surface area contributed by atoms with Gasteiger partial charge in [0.15, 0.2) is 0 Å².